The first-order valence-corrected chi connectivity index (χ1v) is 9.38. The van der Waals surface area contributed by atoms with E-state index in [2.05, 4.69) is 9.99 Å². The van der Waals surface area contributed by atoms with Gasteiger partial charge < -0.3 is 9.72 Å². The molecule has 27 heavy (non-hydrogen) atoms. The highest BCUT2D eigenvalue weighted by atomic mass is 16.5. The summed E-state index contributed by atoms with van der Waals surface area (Å²) in [5.74, 6) is 1.46. The number of aryl methyl sites for hydroxylation is 1. The van der Waals surface area contributed by atoms with Gasteiger partial charge in [-0.05, 0) is 49.6 Å². The minimum atomic E-state index is 0.0558. The van der Waals surface area contributed by atoms with Crippen LogP contribution in [0.5, 0.6) is 5.75 Å². The van der Waals surface area contributed by atoms with Crippen LogP contribution in [0.4, 0.5) is 0 Å². The van der Waals surface area contributed by atoms with E-state index in [0.717, 1.165) is 53.9 Å². The van der Waals surface area contributed by atoms with E-state index < -0.39 is 0 Å². The predicted molar refractivity (Wildman–Crippen MR) is 104 cm³/mol. The third-order valence-electron chi connectivity index (χ3n) is 5.72. The SMILES string of the molecule is COc1cc(C(=O)N2C3CCN2CC3)ccc1-c1nc2c(C)cccc2[nH]1. The Labute approximate surface area is 157 Å². The van der Waals surface area contributed by atoms with E-state index in [0.29, 0.717) is 17.4 Å². The van der Waals surface area contributed by atoms with Gasteiger partial charge in [0.05, 0.1) is 29.7 Å². The number of imidazole rings is 1. The Morgan fingerprint density at radius 1 is 1.22 bits per heavy atom. The molecule has 5 rings (SSSR count). The van der Waals surface area contributed by atoms with E-state index in [4.69, 9.17) is 9.72 Å². The maximum Gasteiger partial charge on any atom is 0.268 e. The van der Waals surface area contributed by atoms with Gasteiger partial charge in [0.15, 0.2) is 0 Å². The fourth-order valence-electron chi connectivity index (χ4n) is 4.29. The Hall–Kier alpha value is -2.86. The molecule has 2 bridgehead atoms. The van der Waals surface area contributed by atoms with Gasteiger partial charge in [0.1, 0.15) is 11.6 Å². The number of hydrazine groups is 1. The Bertz CT molecular complexity index is 1020. The van der Waals surface area contributed by atoms with Crippen molar-refractivity contribution in [3.8, 4) is 17.1 Å². The molecule has 1 aromatic heterocycles. The molecule has 0 saturated carbocycles. The number of aromatic amines is 1. The van der Waals surface area contributed by atoms with Crippen LogP contribution in [0.2, 0.25) is 0 Å². The number of benzene rings is 2. The van der Waals surface area contributed by atoms with Crippen LogP contribution < -0.4 is 4.74 Å². The second-order valence-electron chi connectivity index (χ2n) is 7.31. The highest BCUT2D eigenvalue weighted by Gasteiger charge is 2.41. The van der Waals surface area contributed by atoms with Crippen molar-refractivity contribution in [3.63, 3.8) is 0 Å². The number of hydrogen-bond acceptors (Lipinski definition) is 4. The molecular formula is C21H22N4O2. The largest absolute Gasteiger partial charge is 0.496 e. The predicted octanol–water partition coefficient (Wildman–Crippen LogP) is 3.38. The lowest BCUT2D eigenvalue weighted by Crippen LogP contribution is -2.38. The summed E-state index contributed by atoms with van der Waals surface area (Å²) in [6.45, 7) is 4.00. The number of carbonyl (C=O) groups is 1. The molecule has 0 spiro atoms. The number of H-pyrrole nitrogens is 1. The van der Waals surface area contributed by atoms with Crippen molar-refractivity contribution < 1.29 is 9.53 Å². The minimum absolute atomic E-state index is 0.0558. The van der Waals surface area contributed by atoms with E-state index in [9.17, 15) is 4.79 Å². The van der Waals surface area contributed by atoms with E-state index in [-0.39, 0.29) is 5.91 Å². The smallest absolute Gasteiger partial charge is 0.268 e. The van der Waals surface area contributed by atoms with Crippen LogP contribution in [0, 0.1) is 6.92 Å². The summed E-state index contributed by atoms with van der Waals surface area (Å²) >= 11 is 0. The summed E-state index contributed by atoms with van der Waals surface area (Å²) in [6.07, 6.45) is 2.14. The Morgan fingerprint density at radius 3 is 2.70 bits per heavy atom. The topological polar surface area (TPSA) is 61.5 Å². The number of ether oxygens (including phenoxy) is 1. The molecule has 2 aromatic carbocycles. The van der Waals surface area contributed by atoms with Crippen LogP contribution in [-0.2, 0) is 0 Å². The Morgan fingerprint density at radius 2 is 2.04 bits per heavy atom. The zero-order valence-corrected chi connectivity index (χ0v) is 15.5. The van der Waals surface area contributed by atoms with Crippen molar-refractivity contribution in [1.29, 1.82) is 0 Å². The van der Waals surface area contributed by atoms with Crippen LogP contribution >= 0.6 is 0 Å². The van der Waals surface area contributed by atoms with Gasteiger partial charge in [0.25, 0.3) is 5.91 Å². The summed E-state index contributed by atoms with van der Waals surface area (Å²) in [4.78, 5) is 21.1. The van der Waals surface area contributed by atoms with Gasteiger partial charge in [-0.2, -0.15) is 0 Å². The molecule has 2 aliphatic heterocycles. The fourth-order valence-corrected chi connectivity index (χ4v) is 4.29. The van der Waals surface area contributed by atoms with Gasteiger partial charge in [0, 0.05) is 18.7 Å². The molecule has 3 aromatic rings. The molecule has 1 N–H and O–H groups in total. The first-order chi connectivity index (χ1) is 13.2. The maximum absolute atomic E-state index is 13.0. The number of aromatic nitrogens is 2. The Kier molecular flexibility index (Phi) is 3.68. The van der Waals surface area contributed by atoms with Gasteiger partial charge in [-0.3, -0.25) is 9.80 Å². The normalized spacial score (nSPS) is 21.2. The molecule has 3 heterocycles. The Balaban J connectivity index is 1.52. The van der Waals surface area contributed by atoms with Gasteiger partial charge in [-0.1, -0.05) is 12.1 Å². The number of carbonyl (C=O) groups excluding carboxylic acids is 1. The van der Waals surface area contributed by atoms with Gasteiger partial charge in [-0.15, -0.1) is 0 Å². The number of nitrogens with one attached hydrogen (secondary N) is 1. The first kappa shape index (κ1) is 16.3. The molecule has 0 unspecified atom stereocenters. The number of piperidine rings is 1. The van der Waals surface area contributed by atoms with E-state index in [1.807, 2.05) is 48.3 Å². The lowest BCUT2D eigenvalue weighted by atomic mass is 10.1. The number of para-hydroxylation sites is 1. The second-order valence-corrected chi connectivity index (χ2v) is 7.31. The monoisotopic (exact) mass is 362 g/mol. The second kappa shape index (κ2) is 6.09. The van der Waals surface area contributed by atoms with Gasteiger partial charge >= 0.3 is 0 Å². The average Bonchev–Trinajstić information content (AvgIpc) is 3.41. The molecule has 0 aliphatic carbocycles. The quantitative estimate of drug-likeness (QED) is 0.776. The van der Waals surface area contributed by atoms with Gasteiger partial charge in [-0.25, -0.2) is 9.99 Å². The minimum Gasteiger partial charge on any atom is -0.496 e. The number of amides is 1. The number of rotatable bonds is 3. The maximum atomic E-state index is 13.0. The van der Waals surface area contributed by atoms with E-state index >= 15 is 0 Å². The molecule has 1 amide bonds. The third-order valence-corrected chi connectivity index (χ3v) is 5.72. The number of nitrogens with zero attached hydrogens (tertiary/aromatic N) is 3. The zero-order valence-electron chi connectivity index (χ0n) is 15.5. The number of methoxy groups -OCH3 is 1. The molecule has 2 aliphatic rings. The van der Waals surface area contributed by atoms with Crippen molar-refractivity contribution in [2.75, 3.05) is 20.2 Å². The average molecular weight is 362 g/mol. The van der Waals surface area contributed by atoms with Crippen LogP contribution in [0.1, 0.15) is 28.8 Å². The number of hydrogen-bond donors (Lipinski definition) is 1. The molecule has 2 saturated heterocycles. The summed E-state index contributed by atoms with van der Waals surface area (Å²) in [5.41, 5.74) is 4.58. The summed E-state index contributed by atoms with van der Waals surface area (Å²) in [5, 5.41) is 4.09. The highest BCUT2D eigenvalue weighted by molar-refractivity contribution is 5.96. The summed E-state index contributed by atoms with van der Waals surface area (Å²) in [7, 11) is 1.63. The molecule has 6 heteroatoms. The summed E-state index contributed by atoms with van der Waals surface area (Å²) < 4.78 is 5.60. The lowest BCUT2D eigenvalue weighted by molar-refractivity contribution is 0.0334. The van der Waals surface area contributed by atoms with Crippen molar-refractivity contribution >= 4 is 16.9 Å². The molecule has 0 radical (unpaired) electrons. The third kappa shape index (κ3) is 2.51. The van der Waals surface area contributed by atoms with Crippen molar-refractivity contribution in [2.24, 2.45) is 0 Å². The van der Waals surface area contributed by atoms with Crippen LogP contribution in [0.25, 0.3) is 22.4 Å². The number of fused-ring (bicyclic) bond motifs is 3. The summed E-state index contributed by atoms with van der Waals surface area (Å²) in [6, 6.07) is 12.0. The standard InChI is InChI=1S/C21H22N4O2/c1-13-4-3-5-17-19(13)23-20(22-17)16-7-6-14(12-18(16)27-2)21(26)25-15-8-10-24(25)11-9-15/h3-7,12,15H,8-11H2,1-2H3,(H,22,23). The lowest BCUT2D eigenvalue weighted by Gasteiger charge is -2.24. The van der Waals surface area contributed by atoms with Crippen LogP contribution in [0.3, 0.4) is 0 Å². The highest BCUT2D eigenvalue weighted by Crippen LogP contribution is 2.34. The molecule has 138 valence electrons. The molecule has 6 nitrogen and oxygen atoms in total. The molecular weight excluding hydrogens is 340 g/mol. The molecule has 0 atom stereocenters. The van der Waals surface area contributed by atoms with E-state index in [1.165, 1.54) is 0 Å². The van der Waals surface area contributed by atoms with Crippen LogP contribution in [0.15, 0.2) is 36.4 Å². The van der Waals surface area contributed by atoms with Crippen LogP contribution in [-0.4, -0.2) is 52.1 Å². The first-order valence-electron chi connectivity index (χ1n) is 9.38. The zero-order chi connectivity index (χ0) is 18.5. The van der Waals surface area contributed by atoms with Crippen molar-refractivity contribution in [3.05, 3.63) is 47.5 Å². The van der Waals surface area contributed by atoms with Crippen molar-refractivity contribution in [2.45, 2.75) is 25.8 Å². The molecule has 2 fully saturated rings. The van der Waals surface area contributed by atoms with Crippen molar-refractivity contribution in [1.82, 2.24) is 20.0 Å². The van der Waals surface area contributed by atoms with E-state index in [1.54, 1.807) is 7.11 Å². The van der Waals surface area contributed by atoms with Gasteiger partial charge in [0.2, 0.25) is 0 Å². The fraction of sp³-hybridized carbons (Fsp3) is 0.333.